The van der Waals surface area contributed by atoms with Gasteiger partial charge in [0.1, 0.15) is 5.75 Å². The van der Waals surface area contributed by atoms with Crippen molar-refractivity contribution in [3.63, 3.8) is 0 Å². The van der Waals surface area contributed by atoms with Crippen molar-refractivity contribution in [2.75, 3.05) is 19.0 Å². The number of nitrogens with zero attached hydrogens (tertiary/aromatic N) is 1. The van der Waals surface area contributed by atoms with Gasteiger partial charge >= 0.3 is 0 Å². The van der Waals surface area contributed by atoms with Crippen LogP contribution in [-0.2, 0) is 6.42 Å². The number of anilines is 1. The molecule has 0 atom stereocenters. The standard InChI is InChI=1S/C15H16N2O3/c1-20-15-8-2-12(3-9-15)10-11-16-13-4-6-14(7-5-13)17(18)19/h2-9,16H,10-11H2,1H3. The average Bonchev–Trinajstić information content (AvgIpc) is 2.48. The lowest BCUT2D eigenvalue weighted by Gasteiger charge is -2.07. The van der Waals surface area contributed by atoms with Crippen LogP contribution in [0, 0.1) is 10.1 Å². The summed E-state index contributed by atoms with van der Waals surface area (Å²) in [5.74, 6) is 0.845. The van der Waals surface area contributed by atoms with E-state index in [-0.39, 0.29) is 5.69 Å². The molecule has 104 valence electrons. The Hall–Kier alpha value is -2.56. The van der Waals surface area contributed by atoms with Crippen LogP contribution in [0.4, 0.5) is 11.4 Å². The number of nitrogens with one attached hydrogen (secondary N) is 1. The van der Waals surface area contributed by atoms with Crippen LogP contribution in [0.5, 0.6) is 5.75 Å². The van der Waals surface area contributed by atoms with E-state index in [4.69, 9.17) is 4.74 Å². The molecule has 0 fully saturated rings. The van der Waals surface area contributed by atoms with Crippen molar-refractivity contribution in [1.29, 1.82) is 0 Å². The monoisotopic (exact) mass is 272 g/mol. The smallest absolute Gasteiger partial charge is 0.269 e. The summed E-state index contributed by atoms with van der Waals surface area (Å²) in [4.78, 5) is 10.1. The van der Waals surface area contributed by atoms with Gasteiger partial charge in [-0.3, -0.25) is 10.1 Å². The average molecular weight is 272 g/mol. The first-order valence-electron chi connectivity index (χ1n) is 6.30. The minimum atomic E-state index is -0.402. The van der Waals surface area contributed by atoms with E-state index in [0.29, 0.717) is 0 Å². The number of nitro benzene ring substituents is 1. The van der Waals surface area contributed by atoms with Gasteiger partial charge in [0.2, 0.25) is 0 Å². The lowest BCUT2D eigenvalue weighted by atomic mass is 10.1. The van der Waals surface area contributed by atoms with Crippen molar-refractivity contribution in [1.82, 2.24) is 0 Å². The molecule has 0 aliphatic rings. The van der Waals surface area contributed by atoms with Crippen LogP contribution in [0.1, 0.15) is 5.56 Å². The zero-order valence-corrected chi connectivity index (χ0v) is 11.2. The molecule has 5 heteroatoms. The quantitative estimate of drug-likeness (QED) is 0.647. The lowest BCUT2D eigenvalue weighted by molar-refractivity contribution is -0.384. The zero-order chi connectivity index (χ0) is 14.4. The molecular weight excluding hydrogens is 256 g/mol. The van der Waals surface area contributed by atoms with Crippen LogP contribution < -0.4 is 10.1 Å². The van der Waals surface area contributed by atoms with Crippen molar-refractivity contribution in [2.45, 2.75) is 6.42 Å². The number of non-ortho nitro benzene ring substituents is 1. The molecule has 2 aromatic rings. The molecular formula is C15H16N2O3. The molecule has 0 saturated carbocycles. The first-order chi connectivity index (χ1) is 9.69. The van der Waals surface area contributed by atoms with Crippen LogP contribution in [-0.4, -0.2) is 18.6 Å². The molecule has 0 aliphatic heterocycles. The number of ether oxygens (including phenoxy) is 1. The Bertz CT molecular complexity index is 565. The SMILES string of the molecule is COc1ccc(CCNc2ccc([N+](=O)[O-])cc2)cc1. The Morgan fingerprint density at radius 2 is 1.75 bits per heavy atom. The van der Waals surface area contributed by atoms with Crippen molar-refractivity contribution < 1.29 is 9.66 Å². The molecule has 0 aliphatic carbocycles. The van der Waals surface area contributed by atoms with Crippen LogP contribution in [0.15, 0.2) is 48.5 Å². The van der Waals surface area contributed by atoms with E-state index in [1.165, 1.54) is 17.7 Å². The maximum atomic E-state index is 10.5. The Kier molecular flexibility index (Phi) is 4.55. The third kappa shape index (κ3) is 3.71. The van der Waals surface area contributed by atoms with Crippen LogP contribution in [0.25, 0.3) is 0 Å². The molecule has 2 aromatic carbocycles. The summed E-state index contributed by atoms with van der Waals surface area (Å²) < 4.78 is 5.10. The summed E-state index contributed by atoms with van der Waals surface area (Å²) in [6.07, 6.45) is 0.876. The summed E-state index contributed by atoms with van der Waals surface area (Å²) in [6, 6.07) is 14.3. The fourth-order valence-electron chi connectivity index (χ4n) is 1.84. The molecule has 5 nitrogen and oxygen atoms in total. The van der Waals surface area contributed by atoms with Crippen molar-refractivity contribution in [3.05, 3.63) is 64.2 Å². The van der Waals surface area contributed by atoms with Gasteiger partial charge in [-0.25, -0.2) is 0 Å². The third-order valence-electron chi connectivity index (χ3n) is 2.98. The van der Waals surface area contributed by atoms with Gasteiger partial charge in [-0.15, -0.1) is 0 Å². The zero-order valence-electron chi connectivity index (χ0n) is 11.2. The maximum Gasteiger partial charge on any atom is 0.269 e. The summed E-state index contributed by atoms with van der Waals surface area (Å²) in [6.45, 7) is 0.768. The van der Waals surface area contributed by atoms with Gasteiger partial charge in [-0.1, -0.05) is 12.1 Å². The lowest BCUT2D eigenvalue weighted by Crippen LogP contribution is -2.04. The normalized spacial score (nSPS) is 10.1. The number of benzene rings is 2. The van der Waals surface area contributed by atoms with E-state index in [1.54, 1.807) is 19.2 Å². The molecule has 0 radical (unpaired) electrons. The highest BCUT2D eigenvalue weighted by Crippen LogP contribution is 2.16. The molecule has 0 amide bonds. The molecule has 20 heavy (non-hydrogen) atoms. The Morgan fingerprint density at radius 1 is 1.10 bits per heavy atom. The highest BCUT2D eigenvalue weighted by Gasteiger charge is 2.03. The van der Waals surface area contributed by atoms with Gasteiger partial charge < -0.3 is 10.1 Å². The summed E-state index contributed by atoms with van der Waals surface area (Å²) in [5, 5.41) is 13.8. The van der Waals surface area contributed by atoms with Crippen LogP contribution >= 0.6 is 0 Å². The predicted octanol–water partition coefficient (Wildman–Crippen LogP) is 3.26. The molecule has 0 spiro atoms. The van der Waals surface area contributed by atoms with Crippen LogP contribution in [0.3, 0.4) is 0 Å². The molecule has 0 aromatic heterocycles. The fraction of sp³-hybridized carbons (Fsp3) is 0.200. The van der Waals surface area contributed by atoms with Crippen molar-refractivity contribution in [2.24, 2.45) is 0 Å². The second kappa shape index (κ2) is 6.56. The molecule has 0 saturated heterocycles. The summed E-state index contributed by atoms with van der Waals surface area (Å²) in [7, 11) is 1.64. The number of rotatable bonds is 6. The second-order valence-corrected chi connectivity index (χ2v) is 4.33. The molecule has 0 bridgehead atoms. The Morgan fingerprint density at radius 3 is 2.30 bits per heavy atom. The Labute approximate surface area is 117 Å². The van der Waals surface area contributed by atoms with Gasteiger partial charge in [0, 0.05) is 24.4 Å². The van der Waals surface area contributed by atoms with E-state index in [0.717, 1.165) is 24.4 Å². The van der Waals surface area contributed by atoms with Gasteiger partial charge in [-0.05, 0) is 36.2 Å². The van der Waals surface area contributed by atoms with E-state index in [9.17, 15) is 10.1 Å². The van der Waals surface area contributed by atoms with Crippen LogP contribution in [0.2, 0.25) is 0 Å². The number of nitro groups is 1. The molecule has 2 rings (SSSR count). The van der Waals surface area contributed by atoms with Gasteiger partial charge in [0.25, 0.3) is 5.69 Å². The first kappa shape index (κ1) is 13.9. The largest absolute Gasteiger partial charge is 0.497 e. The minimum absolute atomic E-state index is 0.103. The topological polar surface area (TPSA) is 64.4 Å². The van der Waals surface area contributed by atoms with E-state index < -0.39 is 4.92 Å². The molecule has 0 unspecified atom stereocenters. The Balaban J connectivity index is 1.84. The van der Waals surface area contributed by atoms with Crippen molar-refractivity contribution in [3.8, 4) is 5.75 Å². The highest BCUT2D eigenvalue weighted by molar-refractivity contribution is 5.48. The first-order valence-corrected chi connectivity index (χ1v) is 6.30. The van der Waals surface area contributed by atoms with Gasteiger partial charge in [-0.2, -0.15) is 0 Å². The van der Waals surface area contributed by atoms with E-state index >= 15 is 0 Å². The number of hydrogen-bond donors (Lipinski definition) is 1. The minimum Gasteiger partial charge on any atom is -0.497 e. The molecule has 1 N–H and O–H groups in total. The summed E-state index contributed by atoms with van der Waals surface area (Å²) >= 11 is 0. The second-order valence-electron chi connectivity index (χ2n) is 4.33. The maximum absolute atomic E-state index is 10.5. The van der Waals surface area contributed by atoms with Gasteiger partial charge in [0.05, 0.1) is 12.0 Å². The van der Waals surface area contributed by atoms with E-state index in [1.807, 2.05) is 24.3 Å². The number of hydrogen-bond acceptors (Lipinski definition) is 4. The fourth-order valence-corrected chi connectivity index (χ4v) is 1.84. The van der Waals surface area contributed by atoms with E-state index in [2.05, 4.69) is 5.32 Å². The van der Waals surface area contributed by atoms with Gasteiger partial charge in [0.15, 0.2) is 0 Å². The summed E-state index contributed by atoms with van der Waals surface area (Å²) in [5.41, 5.74) is 2.19. The predicted molar refractivity (Wildman–Crippen MR) is 78.3 cm³/mol. The number of methoxy groups -OCH3 is 1. The highest BCUT2D eigenvalue weighted by atomic mass is 16.6. The molecule has 0 heterocycles. The third-order valence-corrected chi connectivity index (χ3v) is 2.98. The van der Waals surface area contributed by atoms with Crippen molar-refractivity contribution >= 4 is 11.4 Å².